The van der Waals surface area contributed by atoms with Crippen LogP contribution in [-0.2, 0) is 23.3 Å². The molecule has 0 N–H and O–H groups in total. The van der Waals surface area contributed by atoms with Crippen LogP contribution >= 0.6 is 0 Å². The van der Waals surface area contributed by atoms with Crippen LogP contribution in [0.3, 0.4) is 0 Å². The van der Waals surface area contributed by atoms with Crippen molar-refractivity contribution in [1.29, 1.82) is 0 Å². The molecule has 0 radical (unpaired) electrons. The summed E-state index contributed by atoms with van der Waals surface area (Å²) >= 11 is 1.74. The Kier molecular flexibility index (Phi) is 7.93. The fraction of sp³-hybridized carbons (Fsp3) is 0.176. The van der Waals surface area contributed by atoms with Gasteiger partial charge in [0.2, 0.25) is 0 Å². The molecule has 3 rings (SSSR count). The van der Waals surface area contributed by atoms with Gasteiger partial charge in [0.25, 0.3) is 0 Å². The molecule has 0 fully saturated rings. The molecule has 96 valence electrons. The Bertz CT molecular complexity index is 569. The van der Waals surface area contributed by atoms with Gasteiger partial charge in [-0.1, -0.05) is 13.0 Å². The first-order valence-corrected chi connectivity index (χ1v) is 12.6. The SMILES string of the molecule is C[Si](C)=[Zr+2].Cc1c[cH-]c2ccccc12.c1cc[cH-]c1. The molecule has 0 aliphatic rings. The van der Waals surface area contributed by atoms with Crippen molar-refractivity contribution < 1.29 is 23.3 Å². The number of rotatable bonds is 0. The summed E-state index contributed by atoms with van der Waals surface area (Å²) in [5.41, 5.74) is 1.58. The molecule has 0 saturated carbocycles. The molecule has 0 aliphatic heterocycles. The van der Waals surface area contributed by atoms with E-state index in [1.807, 2.05) is 30.3 Å². The van der Waals surface area contributed by atoms with E-state index in [4.69, 9.17) is 0 Å². The van der Waals surface area contributed by atoms with Crippen molar-refractivity contribution >= 4 is 16.2 Å². The second-order valence-corrected chi connectivity index (χ2v) is 13.9. The molecule has 0 nitrogen and oxygen atoms in total. The third-order valence-corrected chi connectivity index (χ3v) is 2.45. The third kappa shape index (κ3) is 6.84. The normalized spacial score (nSPS) is 9.11. The van der Waals surface area contributed by atoms with Crippen LogP contribution in [-0.4, -0.2) is 5.43 Å². The molecule has 0 aliphatic carbocycles. The van der Waals surface area contributed by atoms with Crippen LogP contribution in [0.25, 0.3) is 10.8 Å². The average molecular weight is 344 g/mol. The summed E-state index contributed by atoms with van der Waals surface area (Å²) in [7, 11) is 0. The minimum absolute atomic E-state index is 0.210. The minimum Gasteiger partial charge on any atom is -0.214 e. The first-order chi connectivity index (χ1) is 9.11. The van der Waals surface area contributed by atoms with E-state index in [0.29, 0.717) is 0 Å². The maximum absolute atomic E-state index is 2.31. The Labute approximate surface area is 131 Å². The van der Waals surface area contributed by atoms with Gasteiger partial charge < -0.3 is 0 Å². The zero-order valence-corrected chi connectivity index (χ0v) is 15.3. The largest absolute Gasteiger partial charge is 0.214 e. The Balaban J connectivity index is 0.000000169. The molecule has 0 bridgehead atoms. The second kappa shape index (κ2) is 9.23. The summed E-state index contributed by atoms with van der Waals surface area (Å²) < 4.78 is 0. The molecule has 0 aromatic heterocycles. The van der Waals surface area contributed by atoms with E-state index >= 15 is 0 Å². The van der Waals surface area contributed by atoms with Crippen LogP contribution in [0.4, 0.5) is 0 Å². The van der Waals surface area contributed by atoms with E-state index in [9.17, 15) is 0 Å². The predicted molar refractivity (Wildman–Crippen MR) is 83.8 cm³/mol. The molecular weight excluding hydrogens is 323 g/mol. The van der Waals surface area contributed by atoms with E-state index < -0.39 is 0 Å². The first kappa shape index (κ1) is 16.3. The monoisotopic (exact) mass is 342 g/mol. The Hall–Kier alpha value is -0.720. The van der Waals surface area contributed by atoms with E-state index in [1.54, 1.807) is 23.3 Å². The van der Waals surface area contributed by atoms with Crippen LogP contribution in [0, 0.1) is 6.92 Å². The molecule has 0 saturated heterocycles. The van der Waals surface area contributed by atoms with Gasteiger partial charge in [0.15, 0.2) is 0 Å². The van der Waals surface area contributed by atoms with Crippen LogP contribution in [0.2, 0.25) is 13.1 Å². The Morgan fingerprint density at radius 1 is 1.00 bits per heavy atom. The molecule has 3 aromatic carbocycles. The number of aryl methyl sites for hydroxylation is 1. The van der Waals surface area contributed by atoms with Crippen LogP contribution in [0.15, 0.2) is 66.7 Å². The van der Waals surface area contributed by atoms with E-state index in [-0.39, 0.29) is 5.43 Å². The molecule has 0 heterocycles. The van der Waals surface area contributed by atoms with E-state index in [0.717, 1.165) is 0 Å². The molecule has 0 amide bonds. The molecule has 0 spiro atoms. The minimum atomic E-state index is 0.210. The van der Waals surface area contributed by atoms with Gasteiger partial charge >= 0.3 is 41.9 Å². The van der Waals surface area contributed by atoms with Gasteiger partial charge in [0, 0.05) is 0 Å². The maximum atomic E-state index is 2.31. The summed E-state index contributed by atoms with van der Waals surface area (Å²) in [5.74, 6) is 0. The zero-order valence-electron chi connectivity index (χ0n) is 11.9. The summed E-state index contributed by atoms with van der Waals surface area (Å²) in [6.07, 6.45) is 0. The van der Waals surface area contributed by atoms with Gasteiger partial charge in [-0.05, 0) is 0 Å². The molecule has 0 atom stereocenters. The molecule has 2 heteroatoms. The van der Waals surface area contributed by atoms with Gasteiger partial charge in [0.05, 0.1) is 0 Å². The zero-order chi connectivity index (χ0) is 14.1. The smallest absolute Gasteiger partial charge is 0.0809 e. The molecular formula is C17H20SiZr. The number of fused-ring (bicyclic) bond motifs is 1. The molecule has 0 unspecified atom stereocenters. The van der Waals surface area contributed by atoms with E-state index in [2.05, 4.69) is 56.4 Å². The summed E-state index contributed by atoms with van der Waals surface area (Å²) in [6, 6.07) is 22.8. The van der Waals surface area contributed by atoms with Crippen molar-refractivity contribution in [1.82, 2.24) is 0 Å². The molecule has 19 heavy (non-hydrogen) atoms. The van der Waals surface area contributed by atoms with Crippen LogP contribution < -0.4 is 0 Å². The van der Waals surface area contributed by atoms with Crippen molar-refractivity contribution in [3.05, 3.63) is 72.3 Å². The fourth-order valence-electron chi connectivity index (χ4n) is 1.63. The predicted octanol–water partition coefficient (Wildman–Crippen LogP) is 5.06. The number of hydrogen-bond acceptors (Lipinski definition) is 0. The summed E-state index contributed by atoms with van der Waals surface area (Å²) in [5, 5.41) is 2.72. The second-order valence-electron chi connectivity index (χ2n) is 4.57. The van der Waals surface area contributed by atoms with Crippen molar-refractivity contribution in [2.45, 2.75) is 20.0 Å². The van der Waals surface area contributed by atoms with Gasteiger partial charge in [-0.15, -0.1) is 35.0 Å². The van der Waals surface area contributed by atoms with E-state index in [1.165, 1.54) is 16.3 Å². The van der Waals surface area contributed by atoms with Gasteiger partial charge in [0.1, 0.15) is 0 Å². The van der Waals surface area contributed by atoms with Crippen LogP contribution in [0.1, 0.15) is 5.56 Å². The summed E-state index contributed by atoms with van der Waals surface area (Å²) in [6.45, 7) is 6.76. The average Bonchev–Trinajstić information content (AvgIpc) is 3.03. The van der Waals surface area contributed by atoms with Crippen molar-refractivity contribution in [3.8, 4) is 0 Å². The maximum Gasteiger partial charge on any atom is -0.0809 e. The number of benzene rings is 1. The first-order valence-electron chi connectivity index (χ1n) is 6.40. The quantitative estimate of drug-likeness (QED) is 0.395. The van der Waals surface area contributed by atoms with Crippen molar-refractivity contribution in [2.24, 2.45) is 0 Å². The Morgan fingerprint density at radius 3 is 2.05 bits per heavy atom. The van der Waals surface area contributed by atoms with Gasteiger partial charge in [-0.3, -0.25) is 0 Å². The topological polar surface area (TPSA) is 0 Å². The fourth-order valence-corrected chi connectivity index (χ4v) is 1.63. The van der Waals surface area contributed by atoms with Crippen LogP contribution in [0.5, 0.6) is 0 Å². The van der Waals surface area contributed by atoms with Crippen molar-refractivity contribution in [2.75, 3.05) is 0 Å². The third-order valence-electron chi connectivity index (χ3n) is 2.45. The van der Waals surface area contributed by atoms with Gasteiger partial charge in [-0.25, -0.2) is 12.1 Å². The number of hydrogen-bond donors (Lipinski definition) is 0. The molecule has 3 aromatic rings. The van der Waals surface area contributed by atoms with Gasteiger partial charge in [-0.2, -0.15) is 29.8 Å². The van der Waals surface area contributed by atoms with Crippen molar-refractivity contribution in [3.63, 3.8) is 0 Å². The Morgan fingerprint density at radius 2 is 1.58 bits per heavy atom. The standard InChI is InChI=1S/C10H9.C5H5.C2H6Si.Zr/c1-8-6-7-9-4-2-3-5-10(8)9;1-2-4-5-3-1;1-3-2;/h2-7H,1H3;1-5H;1-2H3;/q2*-1;;+2. The summed E-state index contributed by atoms with van der Waals surface area (Å²) in [4.78, 5) is 0.